The maximum atomic E-state index is 11.6. The van der Waals surface area contributed by atoms with Gasteiger partial charge in [0, 0.05) is 10.6 Å². The molecule has 0 unspecified atom stereocenters. The van der Waals surface area contributed by atoms with E-state index in [0.717, 1.165) is 0 Å². The first-order valence-electron chi connectivity index (χ1n) is 5.23. The number of rotatable bonds is 2. The predicted molar refractivity (Wildman–Crippen MR) is 67.7 cm³/mol. The molecule has 0 saturated carbocycles. The van der Waals surface area contributed by atoms with E-state index in [1.807, 2.05) is 10.6 Å². The zero-order chi connectivity index (χ0) is 14.0. The first-order chi connectivity index (χ1) is 9.01. The minimum atomic E-state index is -0.842. The summed E-state index contributed by atoms with van der Waals surface area (Å²) in [6.45, 7) is 0. The minimum Gasteiger partial charge on any atom is -0.496 e. The van der Waals surface area contributed by atoms with Gasteiger partial charge in [0.2, 0.25) is 0 Å². The molecule has 0 aliphatic carbocycles. The number of barbiturate groups is 1. The third-order valence-corrected chi connectivity index (χ3v) is 2.67. The van der Waals surface area contributed by atoms with Crippen LogP contribution >= 0.6 is 11.6 Å². The number of ether oxygens (including phenoxy) is 1. The van der Waals surface area contributed by atoms with Crippen LogP contribution in [0.5, 0.6) is 5.75 Å². The third kappa shape index (κ3) is 2.74. The number of carbonyl (C=O) groups is 3. The first kappa shape index (κ1) is 13.1. The zero-order valence-electron chi connectivity index (χ0n) is 9.82. The van der Waals surface area contributed by atoms with Crippen molar-refractivity contribution in [3.05, 3.63) is 34.4 Å². The van der Waals surface area contributed by atoms with Gasteiger partial charge in [0.05, 0.1) is 7.11 Å². The number of nitrogens with one attached hydrogen (secondary N) is 2. The number of halogens is 1. The van der Waals surface area contributed by atoms with Gasteiger partial charge < -0.3 is 4.74 Å². The number of methoxy groups -OCH3 is 1. The topological polar surface area (TPSA) is 84.5 Å². The molecule has 1 saturated heterocycles. The largest absolute Gasteiger partial charge is 0.496 e. The maximum Gasteiger partial charge on any atom is 0.328 e. The standard InChI is InChI=1S/C12H9ClN2O4/c1-19-9-3-2-7(13)4-6(9)5-8-10(16)14-12(18)15-11(8)17/h2-5H,1H3,(H2,14,15,16,17,18). The molecule has 98 valence electrons. The molecule has 0 atom stereocenters. The lowest BCUT2D eigenvalue weighted by Gasteiger charge is -2.14. The van der Waals surface area contributed by atoms with E-state index in [1.165, 1.54) is 13.2 Å². The lowest BCUT2D eigenvalue weighted by atomic mass is 10.1. The predicted octanol–water partition coefficient (Wildman–Crippen LogP) is 1.10. The molecule has 0 aromatic heterocycles. The molecule has 0 bridgehead atoms. The van der Waals surface area contributed by atoms with Crippen LogP contribution in [-0.2, 0) is 9.59 Å². The summed E-state index contributed by atoms with van der Waals surface area (Å²) < 4.78 is 5.10. The average Bonchev–Trinajstić information content (AvgIpc) is 2.34. The number of hydrogen-bond acceptors (Lipinski definition) is 4. The molecule has 1 aliphatic heterocycles. The molecule has 6 nitrogen and oxygen atoms in total. The van der Waals surface area contributed by atoms with Crippen LogP contribution in [0.25, 0.3) is 6.08 Å². The van der Waals surface area contributed by atoms with Gasteiger partial charge in [0.25, 0.3) is 11.8 Å². The third-order valence-electron chi connectivity index (χ3n) is 2.43. The number of benzene rings is 1. The second-order valence-corrected chi connectivity index (χ2v) is 4.12. The first-order valence-corrected chi connectivity index (χ1v) is 5.61. The van der Waals surface area contributed by atoms with Crippen LogP contribution in [0.3, 0.4) is 0 Å². The number of urea groups is 1. The summed E-state index contributed by atoms with van der Waals surface area (Å²) in [7, 11) is 1.45. The highest BCUT2D eigenvalue weighted by Crippen LogP contribution is 2.25. The van der Waals surface area contributed by atoms with Crippen molar-refractivity contribution in [1.29, 1.82) is 0 Å². The van der Waals surface area contributed by atoms with Gasteiger partial charge in [-0.25, -0.2) is 4.79 Å². The molecule has 2 N–H and O–H groups in total. The van der Waals surface area contributed by atoms with Crippen LogP contribution in [0.15, 0.2) is 23.8 Å². The van der Waals surface area contributed by atoms with E-state index in [1.54, 1.807) is 18.2 Å². The second-order valence-electron chi connectivity index (χ2n) is 3.68. The SMILES string of the molecule is COc1ccc(Cl)cc1C=C1C(=O)NC(=O)NC1=O. The Labute approximate surface area is 113 Å². The highest BCUT2D eigenvalue weighted by Gasteiger charge is 2.27. The Bertz CT molecular complexity index is 588. The maximum absolute atomic E-state index is 11.6. The van der Waals surface area contributed by atoms with E-state index in [9.17, 15) is 14.4 Å². The Hall–Kier alpha value is -2.34. The quantitative estimate of drug-likeness (QED) is 0.627. The molecule has 1 aromatic carbocycles. The Kier molecular flexibility index (Phi) is 3.52. The van der Waals surface area contributed by atoms with Gasteiger partial charge in [0.1, 0.15) is 11.3 Å². The Morgan fingerprint density at radius 2 is 1.79 bits per heavy atom. The van der Waals surface area contributed by atoms with Crippen molar-refractivity contribution in [2.45, 2.75) is 0 Å². The molecule has 1 heterocycles. The normalized spacial score (nSPS) is 14.8. The van der Waals surface area contributed by atoms with Crippen molar-refractivity contribution in [2.75, 3.05) is 7.11 Å². The van der Waals surface area contributed by atoms with Crippen molar-refractivity contribution < 1.29 is 19.1 Å². The van der Waals surface area contributed by atoms with Gasteiger partial charge in [-0.05, 0) is 24.3 Å². The highest BCUT2D eigenvalue weighted by atomic mass is 35.5. The summed E-state index contributed by atoms with van der Waals surface area (Å²) in [6, 6.07) is 3.93. The Morgan fingerprint density at radius 1 is 1.16 bits per heavy atom. The van der Waals surface area contributed by atoms with Gasteiger partial charge in [-0.2, -0.15) is 0 Å². The van der Waals surface area contributed by atoms with E-state index < -0.39 is 17.8 Å². The van der Waals surface area contributed by atoms with Crippen LogP contribution < -0.4 is 15.4 Å². The highest BCUT2D eigenvalue weighted by molar-refractivity contribution is 6.32. The van der Waals surface area contributed by atoms with Crippen molar-refractivity contribution >= 4 is 35.5 Å². The number of carbonyl (C=O) groups excluding carboxylic acids is 3. The fourth-order valence-electron chi connectivity index (χ4n) is 1.58. The minimum absolute atomic E-state index is 0.194. The summed E-state index contributed by atoms with van der Waals surface area (Å²) >= 11 is 5.85. The number of hydrogen-bond donors (Lipinski definition) is 2. The summed E-state index contributed by atoms with van der Waals surface area (Å²) in [4.78, 5) is 34.1. The summed E-state index contributed by atoms with van der Waals surface area (Å²) in [6.07, 6.45) is 1.31. The van der Waals surface area contributed by atoms with Crippen molar-refractivity contribution in [3.63, 3.8) is 0 Å². The van der Waals surface area contributed by atoms with Crippen molar-refractivity contribution in [1.82, 2.24) is 10.6 Å². The van der Waals surface area contributed by atoms with E-state index in [0.29, 0.717) is 16.3 Å². The van der Waals surface area contributed by atoms with Crippen molar-refractivity contribution in [3.8, 4) is 5.75 Å². The van der Waals surface area contributed by atoms with Gasteiger partial charge in [-0.15, -0.1) is 0 Å². The lowest BCUT2D eigenvalue weighted by Crippen LogP contribution is -2.51. The number of imide groups is 2. The summed E-state index contributed by atoms with van der Waals surface area (Å²) in [5.74, 6) is -1.08. The molecule has 19 heavy (non-hydrogen) atoms. The van der Waals surface area contributed by atoms with Gasteiger partial charge >= 0.3 is 6.03 Å². The summed E-state index contributed by atoms with van der Waals surface area (Å²) in [5.41, 5.74) is 0.268. The smallest absolute Gasteiger partial charge is 0.328 e. The fraction of sp³-hybridized carbons (Fsp3) is 0.0833. The van der Waals surface area contributed by atoms with Crippen LogP contribution in [-0.4, -0.2) is 25.0 Å². The van der Waals surface area contributed by atoms with Crippen LogP contribution in [0.1, 0.15) is 5.56 Å². The molecule has 1 aliphatic rings. The molecule has 2 rings (SSSR count). The van der Waals surface area contributed by atoms with Crippen LogP contribution in [0, 0.1) is 0 Å². The average molecular weight is 281 g/mol. The molecule has 4 amide bonds. The van der Waals surface area contributed by atoms with E-state index in [-0.39, 0.29) is 5.57 Å². The van der Waals surface area contributed by atoms with Gasteiger partial charge in [-0.1, -0.05) is 11.6 Å². The molecule has 1 fully saturated rings. The monoisotopic (exact) mass is 280 g/mol. The molecule has 7 heteroatoms. The van der Waals surface area contributed by atoms with E-state index in [4.69, 9.17) is 16.3 Å². The Balaban J connectivity index is 2.45. The van der Waals surface area contributed by atoms with Gasteiger partial charge in [0.15, 0.2) is 0 Å². The zero-order valence-corrected chi connectivity index (χ0v) is 10.6. The molecular weight excluding hydrogens is 272 g/mol. The van der Waals surface area contributed by atoms with Gasteiger partial charge in [-0.3, -0.25) is 20.2 Å². The fourth-order valence-corrected chi connectivity index (χ4v) is 1.76. The summed E-state index contributed by atoms with van der Waals surface area (Å²) in [5, 5.41) is 4.39. The number of amides is 4. The van der Waals surface area contributed by atoms with Crippen LogP contribution in [0.4, 0.5) is 4.79 Å². The Morgan fingerprint density at radius 3 is 2.37 bits per heavy atom. The van der Waals surface area contributed by atoms with Crippen molar-refractivity contribution in [2.24, 2.45) is 0 Å². The van der Waals surface area contributed by atoms with E-state index >= 15 is 0 Å². The molecule has 0 spiro atoms. The van der Waals surface area contributed by atoms with E-state index in [2.05, 4.69) is 0 Å². The second kappa shape index (κ2) is 5.11. The molecule has 0 radical (unpaired) electrons. The lowest BCUT2D eigenvalue weighted by molar-refractivity contribution is -0.123. The molecular formula is C12H9ClN2O4. The van der Waals surface area contributed by atoms with Crippen LogP contribution in [0.2, 0.25) is 5.02 Å². The molecule has 1 aromatic rings.